The largest absolute Gasteiger partial charge is 0.316 e. The summed E-state index contributed by atoms with van der Waals surface area (Å²) in [6, 6.07) is 13.1. The zero-order chi connectivity index (χ0) is 20.2. The lowest BCUT2D eigenvalue weighted by Gasteiger charge is -2.23. The lowest BCUT2D eigenvalue weighted by molar-refractivity contribution is -0.384. The zero-order valence-corrected chi connectivity index (χ0v) is 16.8. The van der Waals surface area contributed by atoms with Crippen molar-refractivity contribution in [2.45, 2.75) is 38.6 Å². The SMILES string of the molecule is O=[N+]([O-])c1ccc(-c2csc(=Nc3ccccc3F)n2CC2CCCCC2)cc1. The maximum absolute atomic E-state index is 14.2. The highest BCUT2D eigenvalue weighted by atomic mass is 32.1. The van der Waals surface area contributed by atoms with Crippen molar-refractivity contribution in [1.29, 1.82) is 0 Å². The smallest absolute Gasteiger partial charge is 0.269 e. The van der Waals surface area contributed by atoms with Crippen LogP contribution in [0.15, 0.2) is 58.9 Å². The van der Waals surface area contributed by atoms with Crippen molar-refractivity contribution in [1.82, 2.24) is 4.57 Å². The Morgan fingerprint density at radius 2 is 1.83 bits per heavy atom. The first-order chi connectivity index (χ1) is 14.1. The molecule has 0 radical (unpaired) electrons. The number of para-hydroxylation sites is 1. The van der Waals surface area contributed by atoms with E-state index in [1.165, 1.54) is 61.6 Å². The van der Waals surface area contributed by atoms with Crippen LogP contribution in [0.2, 0.25) is 0 Å². The van der Waals surface area contributed by atoms with E-state index in [0.29, 0.717) is 11.6 Å². The minimum atomic E-state index is -0.396. The Balaban J connectivity index is 1.77. The van der Waals surface area contributed by atoms with Gasteiger partial charge in [0.25, 0.3) is 5.69 Å². The molecule has 1 saturated carbocycles. The summed E-state index contributed by atoms with van der Waals surface area (Å²) < 4.78 is 16.3. The summed E-state index contributed by atoms with van der Waals surface area (Å²) in [5, 5.41) is 13.0. The molecule has 0 saturated heterocycles. The normalized spacial score (nSPS) is 15.6. The number of hydrogen-bond acceptors (Lipinski definition) is 4. The zero-order valence-electron chi connectivity index (χ0n) is 16.0. The third-order valence-electron chi connectivity index (χ3n) is 5.41. The molecule has 5 nitrogen and oxygen atoms in total. The van der Waals surface area contributed by atoms with E-state index >= 15 is 0 Å². The van der Waals surface area contributed by atoms with E-state index in [0.717, 1.165) is 22.6 Å². The molecule has 3 aromatic rings. The molecule has 1 aliphatic carbocycles. The number of hydrogen-bond donors (Lipinski definition) is 0. The van der Waals surface area contributed by atoms with E-state index in [9.17, 15) is 14.5 Å². The second kappa shape index (κ2) is 8.69. The maximum atomic E-state index is 14.2. The number of nitro benzene ring substituents is 1. The summed E-state index contributed by atoms with van der Waals surface area (Å²) in [5.74, 6) is 0.219. The second-order valence-corrected chi connectivity index (χ2v) is 8.22. The topological polar surface area (TPSA) is 60.4 Å². The molecule has 2 aromatic carbocycles. The third-order valence-corrected chi connectivity index (χ3v) is 6.27. The van der Waals surface area contributed by atoms with Crippen molar-refractivity contribution < 1.29 is 9.31 Å². The first-order valence-electron chi connectivity index (χ1n) is 9.84. The van der Waals surface area contributed by atoms with Crippen molar-refractivity contribution >= 4 is 22.7 Å². The molecule has 150 valence electrons. The predicted octanol–water partition coefficient (Wildman–Crippen LogP) is 6.08. The summed E-state index contributed by atoms with van der Waals surface area (Å²) >= 11 is 1.47. The Hall–Kier alpha value is -2.80. The quantitative estimate of drug-likeness (QED) is 0.377. The van der Waals surface area contributed by atoms with Gasteiger partial charge in [-0.15, -0.1) is 11.3 Å². The van der Waals surface area contributed by atoms with Crippen molar-refractivity contribution in [3.63, 3.8) is 0 Å². The predicted molar refractivity (Wildman–Crippen MR) is 113 cm³/mol. The Kier molecular flexibility index (Phi) is 5.85. The van der Waals surface area contributed by atoms with E-state index in [1.807, 2.05) is 5.38 Å². The minimum Gasteiger partial charge on any atom is -0.316 e. The number of nitro groups is 1. The van der Waals surface area contributed by atoms with Gasteiger partial charge in [0.05, 0.1) is 10.6 Å². The van der Waals surface area contributed by atoms with Crippen molar-refractivity contribution in [3.8, 4) is 11.3 Å². The fraction of sp³-hybridized carbons (Fsp3) is 0.318. The number of non-ortho nitro benzene ring substituents is 1. The van der Waals surface area contributed by atoms with Gasteiger partial charge in [-0.05, 0) is 48.6 Å². The molecule has 29 heavy (non-hydrogen) atoms. The lowest BCUT2D eigenvalue weighted by atomic mass is 9.89. The molecule has 0 spiro atoms. The number of benzene rings is 2. The molecular weight excluding hydrogens is 389 g/mol. The minimum absolute atomic E-state index is 0.0686. The molecule has 0 atom stereocenters. The summed E-state index contributed by atoms with van der Waals surface area (Å²) in [6.45, 7) is 0.823. The van der Waals surface area contributed by atoms with Crippen molar-refractivity contribution in [3.05, 3.63) is 74.6 Å². The molecule has 0 amide bonds. The molecule has 1 aliphatic rings. The number of rotatable bonds is 5. The summed E-state index contributed by atoms with van der Waals surface area (Å²) in [6.07, 6.45) is 6.12. The Bertz CT molecular complexity index is 1070. The van der Waals surface area contributed by atoms with Gasteiger partial charge in [-0.3, -0.25) is 10.1 Å². The lowest BCUT2D eigenvalue weighted by Crippen LogP contribution is -2.22. The standard InChI is InChI=1S/C22H22FN3O2S/c23-19-8-4-5-9-20(19)24-22-25(14-16-6-2-1-3-7-16)21(15-29-22)17-10-12-18(13-11-17)26(27)28/h4-5,8-13,15-16H,1-3,6-7,14H2. The van der Waals surface area contributed by atoms with Crippen LogP contribution in [-0.2, 0) is 6.54 Å². The van der Waals surface area contributed by atoms with Gasteiger partial charge < -0.3 is 4.57 Å². The summed E-state index contributed by atoms with van der Waals surface area (Å²) in [4.78, 5) is 15.9. The van der Waals surface area contributed by atoms with Gasteiger partial charge in [0.2, 0.25) is 0 Å². The second-order valence-electron chi connectivity index (χ2n) is 7.39. The fourth-order valence-electron chi connectivity index (χ4n) is 3.85. The highest BCUT2D eigenvalue weighted by molar-refractivity contribution is 7.07. The van der Waals surface area contributed by atoms with Crippen LogP contribution in [0.3, 0.4) is 0 Å². The fourth-order valence-corrected chi connectivity index (χ4v) is 4.78. The number of halogens is 1. The molecule has 1 fully saturated rings. The van der Waals surface area contributed by atoms with E-state index < -0.39 is 4.92 Å². The molecule has 7 heteroatoms. The van der Waals surface area contributed by atoms with Gasteiger partial charge in [0.15, 0.2) is 4.80 Å². The van der Waals surface area contributed by atoms with Crippen LogP contribution in [0.1, 0.15) is 32.1 Å². The van der Waals surface area contributed by atoms with Crippen LogP contribution in [0, 0.1) is 21.8 Å². The van der Waals surface area contributed by atoms with E-state index in [2.05, 4.69) is 9.56 Å². The van der Waals surface area contributed by atoms with Gasteiger partial charge in [-0.25, -0.2) is 9.38 Å². The van der Waals surface area contributed by atoms with E-state index in [4.69, 9.17) is 0 Å². The first kappa shape index (κ1) is 19.5. The van der Waals surface area contributed by atoms with Crippen LogP contribution in [0.4, 0.5) is 15.8 Å². The van der Waals surface area contributed by atoms with Gasteiger partial charge in [-0.2, -0.15) is 0 Å². The van der Waals surface area contributed by atoms with E-state index in [1.54, 1.807) is 30.3 Å². The molecule has 1 heterocycles. The van der Waals surface area contributed by atoms with Gasteiger partial charge in [0.1, 0.15) is 11.5 Å². The number of aromatic nitrogens is 1. The molecule has 1 aromatic heterocycles. The Morgan fingerprint density at radius 3 is 2.52 bits per heavy atom. The van der Waals surface area contributed by atoms with Crippen molar-refractivity contribution in [2.24, 2.45) is 10.9 Å². The maximum Gasteiger partial charge on any atom is 0.269 e. The monoisotopic (exact) mass is 411 g/mol. The molecule has 0 N–H and O–H groups in total. The van der Waals surface area contributed by atoms with Gasteiger partial charge in [-0.1, -0.05) is 31.4 Å². The third kappa shape index (κ3) is 4.45. The van der Waals surface area contributed by atoms with Gasteiger partial charge in [0, 0.05) is 24.1 Å². The van der Waals surface area contributed by atoms with Crippen LogP contribution >= 0.6 is 11.3 Å². The van der Waals surface area contributed by atoms with Crippen molar-refractivity contribution in [2.75, 3.05) is 0 Å². The molecule has 0 unspecified atom stereocenters. The van der Waals surface area contributed by atoms with Crippen LogP contribution in [-0.4, -0.2) is 9.49 Å². The Labute approximate surface area is 172 Å². The summed E-state index contributed by atoms with van der Waals surface area (Å²) in [7, 11) is 0. The molecule has 4 rings (SSSR count). The summed E-state index contributed by atoms with van der Waals surface area (Å²) in [5.41, 5.74) is 2.25. The van der Waals surface area contributed by atoms with E-state index in [-0.39, 0.29) is 11.5 Å². The average Bonchev–Trinajstić information content (AvgIpc) is 3.12. The highest BCUT2D eigenvalue weighted by Crippen LogP contribution is 2.29. The van der Waals surface area contributed by atoms with Crippen LogP contribution < -0.4 is 4.80 Å². The van der Waals surface area contributed by atoms with Crippen LogP contribution in [0.25, 0.3) is 11.3 Å². The average molecular weight is 412 g/mol. The van der Waals surface area contributed by atoms with Gasteiger partial charge >= 0.3 is 0 Å². The highest BCUT2D eigenvalue weighted by Gasteiger charge is 2.18. The first-order valence-corrected chi connectivity index (χ1v) is 10.7. The molecule has 0 aliphatic heterocycles. The number of nitrogens with zero attached hydrogens (tertiary/aromatic N) is 3. The Morgan fingerprint density at radius 1 is 1.10 bits per heavy atom. The van der Waals surface area contributed by atoms with Crippen LogP contribution in [0.5, 0.6) is 0 Å². The number of thiazole rings is 1. The molecule has 0 bridgehead atoms. The molecular formula is C22H22FN3O2S.